The topological polar surface area (TPSA) is 76.2 Å². The average molecular weight is 420 g/mol. The van der Waals surface area contributed by atoms with Gasteiger partial charge in [0, 0.05) is 4.88 Å². The third-order valence-corrected chi connectivity index (χ3v) is 5.59. The van der Waals surface area contributed by atoms with Gasteiger partial charge in [-0.1, -0.05) is 24.3 Å². The number of aromatic nitrogens is 2. The van der Waals surface area contributed by atoms with Gasteiger partial charge < -0.3 is 14.8 Å². The van der Waals surface area contributed by atoms with Crippen LogP contribution in [0.4, 0.5) is 0 Å². The lowest BCUT2D eigenvalue weighted by Gasteiger charge is -2.10. The number of aromatic amines is 1. The standard InChI is InChI=1S/C23H21N3O3S/c1-28-16-8-5-15(6-9-16)7-11-19-21-20(26-25-19)12-10-18(22(21)29-2)23(27)24-14-17-4-3-13-30-17/h3-13H,14H2,1-2H3,(H,24,27)(H,25,26). The normalized spacial score (nSPS) is 11.1. The zero-order valence-corrected chi connectivity index (χ0v) is 17.5. The van der Waals surface area contributed by atoms with E-state index in [9.17, 15) is 4.79 Å². The average Bonchev–Trinajstić information content (AvgIpc) is 3.45. The molecule has 2 heterocycles. The highest BCUT2D eigenvalue weighted by Crippen LogP contribution is 2.32. The summed E-state index contributed by atoms with van der Waals surface area (Å²) in [7, 11) is 3.20. The molecule has 0 radical (unpaired) electrons. The maximum atomic E-state index is 12.8. The predicted molar refractivity (Wildman–Crippen MR) is 120 cm³/mol. The molecule has 0 saturated heterocycles. The number of carbonyl (C=O) groups excluding carboxylic acids is 1. The summed E-state index contributed by atoms with van der Waals surface area (Å²) in [4.78, 5) is 13.9. The summed E-state index contributed by atoms with van der Waals surface area (Å²) in [6, 6.07) is 15.3. The largest absolute Gasteiger partial charge is 0.497 e. The van der Waals surface area contributed by atoms with Crippen LogP contribution in [-0.2, 0) is 6.54 Å². The van der Waals surface area contributed by atoms with Crippen molar-refractivity contribution in [2.45, 2.75) is 6.54 Å². The van der Waals surface area contributed by atoms with E-state index in [1.807, 2.05) is 60.0 Å². The van der Waals surface area contributed by atoms with E-state index in [4.69, 9.17) is 9.47 Å². The van der Waals surface area contributed by atoms with Crippen LogP contribution in [0.15, 0.2) is 53.9 Å². The summed E-state index contributed by atoms with van der Waals surface area (Å²) in [6.45, 7) is 0.479. The Bertz CT molecular complexity index is 1180. The van der Waals surface area contributed by atoms with Crippen molar-refractivity contribution in [3.63, 3.8) is 0 Å². The van der Waals surface area contributed by atoms with Crippen molar-refractivity contribution >= 4 is 40.3 Å². The minimum atomic E-state index is -0.187. The molecule has 4 aromatic rings. The van der Waals surface area contributed by atoms with Crippen molar-refractivity contribution < 1.29 is 14.3 Å². The summed E-state index contributed by atoms with van der Waals surface area (Å²) >= 11 is 1.61. The van der Waals surface area contributed by atoms with Crippen LogP contribution in [0.25, 0.3) is 23.1 Å². The van der Waals surface area contributed by atoms with E-state index in [-0.39, 0.29) is 5.91 Å². The van der Waals surface area contributed by atoms with Crippen LogP contribution in [0.1, 0.15) is 26.5 Å². The number of benzene rings is 2. The highest BCUT2D eigenvalue weighted by molar-refractivity contribution is 7.09. The molecule has 152 valence electrons. The number of hydrogen-bond donors (Lipinski definition) is 2. The van der Waals surface area contributed by atoms with Crippen LogP contribution in [0.3, 0.4) is 0 Å². The first kappa shape index (κ1) is 19.7. The number of nitrogens with zero attached hydrogens (tertiary/aromatic N) is 1. The maximum Gasteiger partial charge on any atom is 0.255 e. The van der Waals surface area contributed by atoms with Crippen molar-refractivity contribution in [2.75, 3.05) is 14.2 Å². The lowest BCUT2D eigenvalue weighted by molar-refractivity contribution is 0.0948. The SMILES string of the molecule is COc1ccc(C=Cc2n[nH]c3ccc(C(=O)NCc4cccs4)c(OC)c23)cc1. The number of rotatable bonds is 7. The molecule has 7 heteroatoms. The Hall–Kier alpha value is -3.58. The van der Waals surface area contributed by atoms with Crippen molar-refractivity contribution in [1.82, 2.24) is 15.5 Å². The Morgan fingerprint density at radius 2 is 1.93 bits per heavy atom. The fourth-order valence-corrected chi connectivity index (χ4v) is 3.83. The molecule has 4 rings (SSSR count). The Morgan fingerprint density at radius 1 is 1.10 bits per heavy atom. The molecule has 0 spiro atoms. The molecule has 6 nitrogen and oxygen atoms in total. The van der Waals surface area contributed by atoms with Crippen molar-refractivity contribution in [1.29, 1.82) is 0 Å². The molecule has 0 aliphatic rings. The molecule has 0 aliphatic carbocycles. The van der Waals surface area contributed by atoms with Gasteiger partial charge >= 0.3 is 0 Å². The molecule has 0 bridgehead atoms. The van der Waals surface area contributed by atoms with E-state index in [0.29, 0.717) is 23.6 Å². The number of nitrogens with one attached hydrogen (secondary N) is 2. The van der Waals surface area contributed by atoms with Gasteiger partial charge in [-0.25, -0.2) is 0 Å². The zero-order valence-electron chi connectivity index (χ0n) is 16.6. The number of H-pyrrole nitrogens is 1. The number of fused-ring (bicyclic) bond motifs is 1. The van der Waals surface area contributed by atoms with Gasteiger partial charge in [0.05, 0.1) is 42.9 Å². The fraction of sp³-hybridized carbons (Fsp3) is 0.130. The van der Waals surface area contributed by atoms with E-state index in [2.05, 4.69) is 15.5 Å². The molecule has 0 saturated carbocycles. The van der Waals surface area contributed by atoms with E-state index < -0.39 is 0 Å². The molecular weight excluding hydrogens is 398 g/mol. The zero-order chi connectivity index (χ0) is 20.9. The van der Waals surface area contributed by atoms with Crippen LogP contribution in [0, 0.1) is 0 Å². The van der Waals surface area contributed by atoms with Crippen LogP contribution in [0.5, 0.6) is 11.5 Å². The van der Waals surface area contributed by atoms with Gasteiger partial charge in [0.2, 0.25) is 0 Å². The van der Waals surface area contributed by atoms with Crippen LogP contribution in [-0.4, -0.2) is 30.3 Å². The molecule has 30 heavy (non-hydrogen) atoms. The van der Waals surface area contributed by atoms with Gasteiger partial charge in [-0.05, 0) is 47.4 Å². The van der Waals surface area contributed by atoms with E-state index in [1.54, 1.807) is 31.6 Å². The molecule has 0 unspecified atom stereocenters. The molecule has 0 fully saturated rings. The Balaban J connectivity index is 1.63. The fourth-order valence-electron chi connectivity index (χ4n) is 3.18. The molecule has 2 aromatic carbocycles. The van der Waals surface area contributed by atoms with E-state index >= 15 is 0 Å². The monoisotopic (exact) mass is 419 g/mol. The third kappa shape index (κ3) is 4.06. The first-order chi connectivity index (χ1) is 14.7. The van der Waals surface area contributed by atoms with Gasteiger partial charge in [0.25, 0.3) is 5.91 Å². The molecule has 0 atom stereocenters. The number of thiophene rings is 1. The number of hydrogen-bond acceptors (Lipinski definition) is 5. The van der Waals surface area contributed by atoms with Gasteiger partial charge in [0.1, 0.15) is 11.5 Å². The number of ether oxygens (including phenoxy) is 2. The van der Waals surface area contributed by atoms with Crippen molar-refractivity contribution in [3.05, 3.63) is 75.6 Å². The third-order valence-electron chi connectivity index (χ3n) is 4.71. The van der Waals surface area contributed by atoms with Gasteiger partial charge in [-0.3, -0.25) is 9.89 Å². The first-order valence-electron chi connectivity index (χ1n) is 9.37. The van der Waals surface area contributed by atoms with Gasteiger partial charge in [-0.2, -0.15) is 5.10 Å². The second-order valence-corrected chi connectivity index (χ2v) is 7.58. The second kappa shape index (κ2) is 8.84. The highest BCUT2D eigenvalue weighted by Gasteiger charge is 2.18. The molecule has 2 aromatic heterocycles. The first-order valence-corrected chi connectivity index (χ1v) is 10.3. The van der Waals surface area contributed by atoms with Crippen molar-refractivity contribution in [3.8, 4) is 11.5 Å². The number of methoxy groups -OCH3 is 2. The molecule has 2 N–H and O–H groups in total. The maximum absolute atomic E-state index is 12.8. The summed E-state index contributed by atoms with van der Waals surface area (Å²) < 4.78 is 10.8. The van der Waals surface area contributed by atoms with Gasteiger partial charge in [-0.15, -0.1) is 11.3 Å². The quantitative estimate of drug-likeness (QED) is 0.454. The minimum Gasteiger partial charge on any atom is -0.497 e. The van der Waals surface area contributed by atoms with E-state index in [1.165, 1.54) is 0 Å². The van der Waals surface area contributed by atoms with E-state index in [0.717, 1.165) is 27.1 Å². The lowest BCUT2D eigenvalue weighted by Crippen LogP contribution is -2.22. The summed E-state index contributed by atoms with van der Waals surface area (Å²) in [5.41, 5.74) is 2.99. The highest BCUT2D eigenvalue weighted by atomic mass is 32.1. The van der Waals surface area contributed by atoms with Gasteiger partial charge in [0.15, 0.2) is 0 Å². The van der Waals surface area contributed by atoms with Crippen LogP contribution >= 0.6 is 11.3 Å². The molecule has 0 aliphatic heterocycles. The minimum absolute atomic E-state index is 0.187. The smallest absolute Gasteiger partial charge is 0.255 e. The summed E-state index contributed by atoms with van der Waals surface area (Å²) in [5.74, 6) is 1.12. The van der Waals surface area contributed by atoms with Crippen molar-refractivity contribution in [2.24, 2.45) is 0 Å². The van der Waals surface area contributed by atoms with Crippen LogP contribution in [0.2, 0.25) is 0 Å². The Morgan fingerprint density at radius 3 is 2.63 bits per heavy atom. The number of carbonyl (C=O) groups is 1. The Labute approximate surface area is 178 Å². The predicted octanol–water partition coefficient (Wildman–Crippen LogP) is 4.74. The van der Waals surface area contributed by atoms with Crippen LogP contribution < -0.4 is 14.8 Å². The lowest BCUT2D eigenvalue weighted by atomic mass is 10.1. The number of amides is 1. The Kier molecular flexibility index (Phi) is 5.81. The second-order valence-electron chi connectivity index (χ2n) is 6.55. The summed E-state index contributed by atoms with van der Waals surface area (Å²) in [5, 5.41) is 13.1. The molecular formula is C23H21N3O3S. The summed E-state index contributed by atoms with van der Waals surface area (Å²) in [6.07, 6.45) is 3.86. The molecule has 1 amide bonds.